The van der Waals surface area contributed by atoms with E-state index in [1.165, 1.54) is 18.2 Å². The summed E-state index contributed by atoms with van der Waals surface area (Å²) in [7, 11) is 0. The van der Waals surface area contributed by atoms with E-state index in [2.05, 4.69) is 20.5 Å². The lowest BCUT2D eigenvalue weighted by Crippen LogP contribution is -2.33. The molecule has 3 heterocycles. The Hall–Kier alpha value is -3.62. The van der Waals surface area contributed by atoms with Crippen LogP contribution in [0.25, 0.3) is 11.3 Å². The van der Waals surface area contributed by atoms with Crippen LogP contribution in [-0.2, 0) is 0 Å². The zero-order valence-corrected chi connectivity index (χ0v) is 15.3. The molecule has 0 spiro atoms. The number of hydrogen-bond donors (Lipinski definition) is 2. The number of nitrogens with two attached hydrogens (primary N) is 1. The molecule has 0 bridgehead atoms. The summed E-state index contributed by atoms with van der Waals surface area (Å²) in [5.41, 5.74) is 7.37. The van der Waals surface area contributed by atoms with Gasteiger partial charge in [-0.1, -0.05) is 0 Å². The summed E-state index contributed by atoms with van der Waals surface area (Å²) in [4.78, 5) is 18.6. The number of nitrogens with one attached hydrogen (secondary N) is 1. The normalized spacial score (nSPS) is 16.1. The Morgan fingerprint density at radius 3 is 2.83 bits per heavy atom. The highest BCUT2D eigenvalue weighted by Gasteiger charge is 2.29. The quantitative estimate of drug-likeness (QED) is 0.707. The third-order valence-electron chi connectivity index (χ3n) is 4.85. The third-order valence-corrected chi connectivity index (χ3v) is 4.85. The number of rotatable bonds is 3. The van der Waals surface area contributed by atoms with E-state index in [1.807, 2.05) is 12.1 Å². The number of amides is 2. The highest BCUT2D eigenvalue weighted by molar-refractivity contribution is 5.92. The molecule has 1 atom stereocenters. The Balaban J connectivity index is 1.50. The van der Waals surface area contributed by atoms with E-state index in [9.17, 15) is 13.6 Å². The van der Waals surface area contributed by atoms with E-state index in [-0.39, 0.29) is 34.7 Å². The van der Waals surface area contributed by atoms with Crippen molar-refractivity contribution in [2.24, 2.45) is 0 Å². The van der Waals surface area contributed by atoms with E-state index >= 15 is 0 Å². The number of likely N-dealkylation sites (tertiary alicyclic amines) is 1. The first-order valence-electron chi connectivity index (χ1n) is 9.07. The zero-order chi connectivity index (χ0) is 20.4. The number of nitrogen functional groups attached to an aromatic ring is 1. The monoisotopic (exact) mass is 396 g/mol. The number of carbonyl (C=O) groups is 1. The van der Waals surface area contributed by atoms with Crippen LogP contribution in [0.5, 0.6) is 0 Å². The van der Waals surface area contributed by atoms with Crippen molar-refractivity contribution in [1.29, 1.82) is 0 Å². The van der Waals surface area contributed by atoms with Crippen molar-refractivity contribution >= 4 is 17.5 Å². The van der Waals surface area contributed by atoms with Gasteiger partial charge in [-0.2, -0.15) is 10.2 Å². The third kappa shape index (κ3) is 3.98. The minimum Gasteiger partial charge on any atom is -0.396 e. The summed E-state index contributed by atoms with van der Waals surface area (Å²) < 4.78 is 27.2. The van der Waals surface area contributed by atoms with Gasteiger partial charge in [-0.3, -0.25) is 5.32 Å². The average Bonchev–Trinajstić information content (AvgIpc) is 3.21. The summed E-state index contributed by atoms with van der Waals surface area (Å²) >= 11 is 0. The molecule has 2 aromatic heterocycles. The van der Waals surface area contributed by atoms with Gasteiger partial charge in [0.25, 0.3) is 0 Å². The highest BCUT2D eigenvalue weighted by atomic mass is 19.1. The number of aromatic nitrogens is 3. The van der Waals surface area contributed by atoms with Gasteiger partial charge in [0.2, 0.25) is 0 Å². The fourth-order valence-electron chi connectivity index (χ4n) is 3.31. The van der Waals surface area contributed by atoms with Gasteiger partial charge in [-0.25, -0.2) is 18.6 Å². The van der Waals surface area contributed by atoms with Crippen molar-refractivity contribution in [3.8, 4) is 11.3 Å². The van der Waals surface area contributed by atoms with Crippen LogP contribution < -0.4 is 11.1 Å². The second-order valence-corrected chi connectivity index (χ2v) is 6.77. The van der Waals surface area contributed by atoms with Crippen LogP contribution in [0, 0.1) is 11.6 Å². The van der Waals surface area contributed by atoms with Crippen LogP contribution in [0.4, 0.5) is 25.1 Å². The predicted molar refractivity (Wildman–Crippen MR) is 104 cm³/mol. The predicted octanol–water partition coefficient (Wildman–Crippen LogP) is 3.42. The Morgan fingerprint density at radius 1 is 1.21 bits per heavy atom. The first kappa shape index (κ1) is 18.7. The molecule has 1 aromatic carbocycles. The van der Waals surface area contributed by atoms with Gasteiger partial charge in [0.05, 0.1) is 17.1 Å². The van der Waals surface area contributed by atoms with Crippen LogP contribution in [0.3, 0.4) is 0 Å². The van der Waals surface area contributed by atoms with Crippen molar-refractivity contribution in [3.05, 3.63) is 66.0 Å². The lowest BCUT2D eigenvalue weighted by atomic mass is 10.1. The van der Waals surface area contributed by atoms with E-state index in [0.717, 1.165) is 24.2 Å². The summed E-state index contributed by atoms with van der Waals surface area (Å²) in [5, 5.41) is 10.7. The molecule has 9 heteroatoms. The number of pyridine rings is 1. The lowest BCUT2D eigenvalue weighted by Gasteiger charge is -2.18. The van der Waals surface area contributed by atoms with Gasteiger partial charge in [-0.15, -0.1) is 0 Å². The maximum Gasteiger partial charge on any atom is 0.323 e. The summed E-state index contributed by atoms with van der Waals surface area (Å²) in [5.74, 6) is -1.19. The fraction of sp³-hybridized carbons (Fsp3) is 0.200. The molecule has 0 aliphatic carbocycles. The Kier molecular flexibility index (Phi) is 5.03. The molecule has 7 nitrogen and oxygen atoms in total. The molecule has 3 N–H and O–H groups in total. The summed E-state index contributed by atoms with van der Waals surface area (Å²) in [6, 6.07) is 9.60. The van der Waals surface area contributed by atoms with Crippen molar-refractivity contribution < 1.29 is 13.6 Å². The Morgan fingerprint density at radius 2 is 2.07 bits per heavy atom. The molecule has 1 saturated heterocycles. The smallest absolute Gasteiger partial charge is 0.323 e. The average molecular weight is 396 g/mol. The number of anilines is 2. The minimum atomic E-state index is -0.745. The first-order valence-corrected chi connectivity index (χ1v) is 9.07. The maximum absolute atomic E-state index is 14.1. The van der Waals surface area contributed by atoms with Gasteiger partial charge in [0.15, 0.2) is 5.82 Å². The Labute approximate surface area is 165 Å². The largest absolute Gasteiger partial charge is 0.396 e. The van der Waals surface area contributed by atoms with E-state index in [0.29, 0.717) is 13.1 Å². The second kappa shape index (κ2) is 7.78. The Bertz CT molecular complexity index is 1050. The highest BCUT2D eigenvalue weighted by Crippen LogP contribution is 2.28. The van der Waals surface area contributed by atoms with Gasteiger partial charge >= 0.3 is 6.03 Å². The van der Waals surface area contributed by atoms with E-state index in [4.69, 9.17) is 5.73 Å². The molecule has 2 amide bonds. The first-order chi connectivity index (χ1) is 14.0. The molecule has 4 rings (SSSR count). The minimum absolute atomic E-state index is 0.111. The van der Waals surface area contributed by atoms with Crippen LogP contribution in [0.15, 0.2) is 48.7 Å². The maximum atomic E-state index is 14.1. The standard InChI is InChI=1S/C20H18F2N6O/c21-13-3-4-14(15(22)10-13)18-6-5-16(23)19(25-18)26-20(29)28-9-7-12(11-28)17-2-1-8-24-27-17/h1-6,8,10,12H,7,9,11,23H2,(H,25,26,29). The molecule has 1 unspecified atom stereocenters. The topological polar surface area (TPSA) is 97.0 Å². The van der Waals surface area contributed by atoms with Crippen LogP contribution >= 0.6 is 0 Å². The fourth-order valence-corrected chi connectivity index (χ4v) is 3.31. The molecule has 29 heavy (non-hydrogen) atoms. The molecule has 3 aromatic rings. The van der Waals surface area contributed by atoms with E-state index in [1.54, 1.807) is 11.1 Å². The summed E-state index contributed by atoms with van der Waals surface area (Å²) in [6.45, 7) is 1.05. The van der Waals surface area contributed by atoms with Crippen molar-refractivity contribution in [2.75, 3.05) is 24.1 Å². The van der Waals surface area contributed by atoms with Crippen molar-refractivity contribution in [2.45, 2.75) is 12.3 Å². The lowest BCUT2D eigenvalue weighted by molar-refractivity contribution is 0.222. The number of hydrogen-bond acceptors (Lipinski definition) is 5. The SMILES string of the molecule is Nc1ccc(-c2ccc(F)cc2F)nc1NC(=O)N1CCC(c2cccnn2)C1. The van der Waals surface area contributed by atoms with Crippen molar-refractivity contribution in [3.63, 3.8) is 0 Å². The molecule has 1 aliphatic rings. The van der Waals surface area contributed by atoms with Crippen LogP contribution in [0.1, 0.15) is 18.0 Å². The molecular formula is C20H18F2N6O. The molecule has 0 radical (unpaired) electrons. The molecule has 1 aliphatic heterocycles. The molecule has 0 saturated carbocycles. The number of benzene rings is 1. The number of nitrogens with zero attached hydrogens (tertiary/aromatic N) is 4. The van der Waals surface area contributed by atoms with Crippen LogP contribution in [0.2, 0.25) is 0 Å². The molecular weight excluding hydrogens is 378 g/mol. The van der Waals surface area contributed by atoms with Crippen molar-refractivity contribution in [1.82, 2.24) is 20.1 Å². The zero-order valence-electron chi connectivity index (χ0n) is 15.3. The van der Waals surface area contributed by atoms with Gasteiger partial charge in [0.1, 0.15) is 11.6 Å². The van der Waals surface area contributed by atoms with Gasteiger partial charge in [-0.05, 0) is 42.8 Å². The number of halogens is 2. The van der Waals surface area contributed by atoms with Gasteiger partial charge in [0, 0.05) is 36.8 Å². The molecule has 1 fully saturated rings. The molecule has 148 valence electrons. The second-order valence-electron chi connectivity index (χ2n) is 6.77. The van der Waals surface area contributed by atoms with Gasteiger partial charge < -0.3 is 10.6 Å². The van der Waals surface area contributed by atoms with Crippen LogP contribution in [-0.4, -0.2) is 39.2 Å². The number of carbonyl (C=O) groups excluding carboxylic acids is 1. The number of urea groups is 1. The summed E-state index contributed by atoms with van der Waals surface area (Å²) in [6.07, 6.45) is 2.38. The van der Waals surface area contributed by atoms with E-state index < -0.39 is 11.6 Å².